The van der Waals surface area contributed by atoms with Gasteiger partial charge in [0, 0.05) is 12.1 Å². The molecule has 0 fully saturated rings. The van der Waals surface area contributed by atoms with Crippen molar-refractivity contribution in [3.8, 4) is 6.07 Å². The summed E-state index contributed by atoms with van der Waals surface area (Å²) >= 11 is 0. The molecule has 1 N–H and O–H groups in total. The van der Waals surface area contributed by atoms with Gasteiger partial charge in [0.25, 0.3) is 5.91 Å². The number of rotatable bonds is 4. The molecule has 2 aromatic carbocycles. The molecular formula is C18H18N2O. The van der Waals surface area contributed by atoms with Gasteiger partial charge in [-0.15, -0.1) is 0 Å². The first-order valence-electron chi connectivity index (χ1n) is 6.97. The molecule has 0 spiro atoms. The SMILES string of the molecule is CC(C)c1ccc(C(=O)NCc2cccc(C#N)c2)cc1. The molecule has 0 heterocycles. The number of nitriles is 1. The molecule has 0 aliphatic heterocycles. The molecule has 0 aliphatic rings. The van der Waals surface area contributed by atoms with Gasteiger partial charge < -0.3 is 5.32 Å². The average Bonchev–Trinajstić information content (AvgIpc) is 2.53. The fourth-order valence-electron chi connectivity index (χ4n) is 2.05. The molecule has 0 aliphatic carbocycles. The van der Waals surface area contributed by atoms with Crippen molar-refractivity contribution < 1.29 is 4.79 Å². The van der Waals surface area contributed by atoms with Crippen molar-refractivity contribution in [3.63, 3.8) is 0 Å². The first-order chi connectivity index (χ1) is 10.1. The molecule has 0 saturated carbocycles. The number of amides is 1. The fraction of sp³-hybridized carbons (Fsp3) is 0.222. The zero-order valence-corrected chi connectivity index (χ0v) is 12.3. The highest BCUT2D eigenvalue weighted by atomic mass is 16.1. The Morgan fingerprint density at radius 3 is 2.52 bits per heavy atom. The molecule has 0 atom stereocenters. The summed E-state index contributed by atoms with van der Waals surface area (Å²) in [5, 5.41) is 11.7. The van der Waals surface area contributed by atoms with E-state index in [1.165, 1.54) is 5.56 Å². The van der Waals surface area contributed by atoms with E-state index in [0.717, 1.165) is 5.56 Å². The lowest BCUT2D eigenvalue weighted by atomic mass is 10.0. The quantitative estimate of drug-likeness (QED) is 0.928. The van der Waals surface area contributed by atoms with Gasteiger partial charge in [-0.05, 0) is 41.3 Å². The van der Waals surface area contributed by atoms with Crippen LogP contribution in [0.2, 0.25) is 0 Å². The van der Waals surface area contributed by atoms with Crippen LogP contribution in [-0.4, -0.2) is 5.91 Å². The smallest absolute Gasteiger partial charge is 0.251 e. The monoisotopic (exact) mass is 278 g/mol. The summed E-state index contributed by atoms with van der Waals surface area (Å²) in [4.78, 5) is 12.1. The number of benzene rings is 2. The number of carbonyl (C=O) groups excluding carboxylic acids is 1. The number of hydrogen-bond donors (Lipinski definition) is 1. The van der Waals surface area contributed by atoms with Crippen LogP contribution in [0.25, 0.3) is 0 Å². The minimum absolute atomic E-state index is 0.104. The van der Waals surface area contributed by atoms with Gasteiger partial charge in [-0.3, -0.25) is 4.79 Å². The van der Waals surface area contributed by atoms with E-state index in [1.54, 1.807) is 12.1 Å². The molecule has 3 heteroatoms. The summed E-state index contributed by atoms with van der Waals surface area (Å²) < 4.78 is 0. The van der Waals surface area contributed by atoms with Gasteiger partial charge in [-0.25, -0.2) is 0 Å². The molecule has 2 rings (SSSR count). The maximum absolute atomic E-state index is 12.1. The summed E-state index contributed by atoms with van der Waals surface area (Å²) in [6.07, 6.45) is 0. The van der Waals surface area contributed by atoms with Crippen LogP contribution in [0.4, 0.5) is 0 Å². The van der Waals surface area contributed by atoms with E-state index in [2.05, 4.69) is 25.2 Å². The summed E-state index contributed by atoms with van der Waals surface area (Å²) in [6, 6.07) is 17.0. The predicted octanol–water partition coefficient (Wildman–Crippen LogP) is 3.61. The van der Waals surface area contributed by atoms with Crippen molar-refractivity contribution in [3.05, 3.63) is 70.8 Å². The van der Waals surface area contributed by atoms with Crippen molar-refractivity contribution in [2.75, 3.05) is 0 Å². The maximum atomic E-state index is 12.1. The van der Waals surface area contributed by atoms with E-state index in [9.17, 15) is 4.79 Å². The van der Waals surface area contributed by atoms with E-state index < -0.39 is 0 Å². The van der Waals surface area contributed by atoms with Gasteiger partial charge in [-0.1, -0.05) is 38.1 Å². The Hall–Kier alpha value is -2.60. The molecule has 0 radical (unpaired) electrons. The minimum Gasteiger partial charge on any atom is -0.348 e. The van der Waals surface area contributed by atoms with Gasteiger partial charge >= 0.3 is 0 Å². The van der Waals surface area contributed by atoms with Gasteiger partial charge in [0.05, 0.1) is 11.6 Å². The van der Waals surface area contributed by atoms with Crippen LogP contribution in [0, 0.1) is 11.3 Å². The predicted molar refractivity (Wildman–Crippen MR) is 82.9 cm³/mol. The van der Waals surface area contributed by atoms with E-state index in [-0.39, 0.29) is 5.91 Å². The highest BCUT2D eigenvalue weighted by Crippen LogP contribution is 2.14. The Morgan fingerprint density at radius 1 is 1.19 bits per heavy atom. The second-order valence-electron chi connectivity index (χ2n) is 5.27. The fourth-order valence-corrected chi connectivity index (χ4v) is 2.05. The van der Waals surface area contributed by atoms with Crippen molar-refractivity contribution in [2.45, 2.75) is 26.3 Å². The molecule has 106 valence electrons. The van der Waals surface area contributed by atoms with Crippen LogP contribution in [0.5, 0.6) is 0 Å². The lowest BCUT2D eigenvalue weighted by molar-refractivity contribution is 0.0951. The van der Waals surface area contributed by atoms with Crippen LogP contribution < -0.4 is 5.32 Å². The number of nitrogens with zero attached hydrogens (tertiary/aromatic N) is 1. The Labute approximate surface area is 125 Å². The normalized spacial score (nSPS) is 10.2. The van der Waals surface area contributed by atoms with E-state index in [0.29, 0.717) is 23.6 Å². The Morgan fingerprint density at radius 2 is 1.90 bits per heavy atom. The molecular weight excluding hydrogens is 260 g/mol. The molecule has 0 aromatic heterocycles. The average molecular weight is 278 g/mol. The standard InChI is InChI=1S/C18H18N2O/c1-13(2)16-6-8-17(9-7-16)18(21)20-12-15-5-3-4-14(10-15)11-19/h3-10,13H,12H2,1-2H3,(H,20,21). The van der Waals surface area contributed by atoms with Gasteiger partial charge in [0.15, 0.2) is 0 Å². The Kier molecular flexibility index (Phi) is 4.73. The van der Waals surface area contributed by atoms with Crippen LogP contribution >= 0.6 is 0 Å². The van der Waals surface area contributed by atoms with Crippen LogP contribution in [0.1, 0.15) is 46.8 Å². The summed E-state index contributed by atoms with van der Waals surface area (Å²) in [7, 11) is 0. The van der Waals surface area contributed by atoms with Gasteiger partial charge in [-0.2, -0.15) is 5.26 Å². The zero-order chi connectivity index (χ0) is 15.2. The van der Waals surface area contributed by atoms with Crippen molar-refractivity contribution in [1.82, 2.24) is 5.32 Å². The zero-order valence-electron chi connectivity index (χ0n) is 12.3. The minimum atomic E-state index is -0.104. The van der Waals surface area contributed by atoms with E-state index >= 15 is 0 Å². The van der Waals surface area contributed by atoms with Crippen LogP contribution in [-0.2, 0) is 6.54 Å². The summed E-state index contributed by atoms with van der Waals surface area (Å²) in [5.41, 5.74) is 3.38. The van der Waals surface area contributed by atoms with Crippen molar-refractivity contribution in [1.29, 1.82) is 5.26 Å². The first-order valence-corrected chi connectivity index (χ1v) is 6.97. The van der Waals surface area contributed by atoms with Gasteiger partial charge in [0.1, 0.15) is 0 Å². The highest BCUT2D eigenvalue weighted by Gasteiger charge is 2.06. The summed E-state index contributed by atoms with van der Waals surface area (Å²) in [6.45, 7) is 4.66. The second kappa shape index (κ2) is 6.71. The number of carbonyl (C=O) groups is 1. The molecule has 0 unspecified atom stereocenters. The third-order valence-electron chi connectivity index (χ3n) is 3.35. The number of hydrogen-bond acceptors (Lipinski definition) is 2. The number of nitrogens with one attached hydrogen (secondary N) is 1. The van der Waals surface area contributed by atoms with Crippen molar-refractivity contribution in [2.24, 2.45) is 0 Å². The lowest BCUT2D eigenvalue weighted by Gasteiger charge is -2.08. The summed E-state index contributed by atoms with van der Waals surface area (Å²) in [5.74, 6) is 0.350. The molecule has 1 amide bonds. The molecule has 2 aromatic rings. The second-order valence-corrected chi connectivity index (χ2v) is 5.27. The largest absolute Gasteiger partial charge is 0.348 e. The van der Waals surface area contributed by atoms with Crippen LogP contribution in [0.15, 0.2) is 48.5 Å². The first kappa shape index (κ1) is 14.8. The Bertz CT molecular complexity index is 666. The van der Waals surface area contributed by atoms with Crippen molar-refractivity contribution >= 4 is 5.91 Å². The highest BCUT2D eigenvalue weighted by molar-refractivity contribution is 5.94. The topological polar surface area (TPSA) is 52.9 Å². The molecule has 3 nitrogen and oxygen atoms in total. The maximum Gasteiger partial charge on any atom is 0.251 e. The van der Waals surface area contributed by atoms with E-state index in [4.69, 9.17) is 5.26 Å². The van der Waals surface area contributed by atoms with Gasteiger partial charge in [0.2, 0.25) is 0 Å². The third-order valence-corrected chi connectivity index (χ3v) is 3.35. The lowest BCUT2D eigenvalue weighted by Crippen LogP contribution is -2.22. The molecule has 21 heavy (non-hydrogen) atoms. The third kappa shape index (κ3) is 3.93. The van der Waals surface area contributed by atoms with E-state index in [1.807, 2.05) is 36.4 Å². The molecule has 0 saturated heterocycles. The van der Waals surface area contributed by atoms with Crippen LogP contribution in [0.3, 0.4) is 0 Å². The molecule has 0 bridgehead atoms. The Balaban J connectivity index is 1.99.